The topological polar surface area (TPSA) is 51.2 Å². The van der Waals surface area contributed by atoms with Crippen molar-refractivity contribution in [2.24, 2.45) is 0 Å². The molecule has 4 nitrogen and oxygen atoms in total. The zero-order valence-electron chi connectivity index (χ0n) is 16.8. The maximum absolute atomic E-state index is 12.5. The molecule has 1 amide bonds. The van der Waals surface area contributed by atoms with Crippen molar-refractivity contribution in [2.75, 3.05) is 7.11 Å². The van der Waals surface area contributed by atoms with E-state index in [9.17, 15) is 4.79 Å². The number of benzene rings is 2. The molecule has 3 aromatic rings. The number of hydrogen-bond acceptors (Lipinski definition) is 4. The quantitative estimate of drug-likeness (QED) is 0.500. The highest BCUT2D eigenvalue weighted by atomic mass is 32.2. The molecular weight excluding hydrogens is 380 g/mol. The van der Waals surface area contributed by atoms with Gasteiger partial charge in [-0.3, -0.25) is 9.78 Å². The number of amides is 1. The van der Waals surface area contributed by atoms with Crippen LogP contribution in [0.2, 0.25) is 0 Å². The Balaban J connectivity index is 1.45. The van der Waals surface area contributed by atoms with Gasteiger partial charge < -0.3 is 10.1 Å². The number of carbonyl (C=O) groups excluding carboxylic acids is 1. The number of thioether (sulfide) groups is 1. The van der Waals surface area contributed by atoms with E-state index in [1.165, 1.54) is 11.1 Å². The van der Waals surface area contributed by atoms with E-state index < -0.39 is 0 Å². The molecule has 150 valence electrons. The van der Waals surface area contributed by atoms with Crippen LogP contribution in [0, 0.1) is 0 Å². The van der Waals surface area contributed by atoms with Gasteiger partial charge in [0.15, 0.2) is 0 Å². The molecule has 0 saturated heterocycles. The van der Waals surface area contributed by atoms with Crippen molar-refractivity contribution in [3.8, 4) is 5.75 Å². The van der Waals surface area contributed by atoms with E-state index >= 15 is 0 Å². The van der Waals surface area contributed by atoms with Crippen LogP contribution in [0.1, 0.15) is 34.8 Å². The van der Waals surface area contributed by atoms with Crippen LogP contribution in [-0.4, -0.2) is 24.0 Å². The minimum absolute atomic E-state index is 0.0314. The van der Waals surface area contributed by atoms with E-state index in [2.05, 4.69) is 28.5 Å². The zero-order chi connectivity index (χ0) is 20.5. The second-order valence-electron chi connectivity index (χ2n) is 6.94. The Morgan fingerprint density at radius 2 is 1.83 bits per heavy atom. The highest BCUT2D eigenvalue weighted by molar-refractivity contribution is 7.98. The number of nitrogens with zero attached hydrogens (tertiary/aromatic N) is 1. The molecule has 5 heteroatoms. The van der Waals surface area contributed by atoms with Gasteiger partial charge in [-0.1, -0.05) is 18.2 Å². The lowest BCUT2D eigenvalue weighted by Crippen LogP contribution is -2.32. The molecule has 0 aliphatic heterocycles. The predicted molar refractivity (Wildman–Crippen MR) is 118 cm³/mol. The second-order valence-corrected chi connectivity index (χ2v) is 7.98. The van der Waals surface area contributed by atoms with E-state index in [1.54, 1.807) is 25.1 Å². The summed E-state index contributed by atoms with van der Waals surface area (Å²) in [6.07, 6.45) is 5.45. The molecule has 1 heterocycles. The van der Waals surface area contributed by atoms with Crippen molar-refractivity contribution < 1.29 is 9.53 Å². The third-order valence-corrected chi connectivity index (χ3v) is 5.73. The van der Waals surface area contributed by atoms with E-state index in [0.29, 0.717) is 5.56 Å². The molecule has 0 aliphatic rings. The summed E-state index contributed by atoms with van der Waals surface area (Å²) in [4.78, 5) is 17.8. The van der Waals surface area contributed by atoms with Gasteiger partial charge in [-0.05, 0) is 73.4 Å². The van der Waals surface area contributed by atoms with Crippen molar-refractivity contribution >= 4 is 17.7 Å². The third-order valence-electron chi connectivity index (χ3n) is 4.65. The maximum Gasteiger partial charge on any atom is 0.251 e. The number of rotatable bonds is 9. The molecule has 0 bridgehead atoms. The molecule has 1 N–H and O–H groups in total. The minimum atomic E-state index is -0.0314. The standard InChI is InChI=1S/C24H26N2O2S/c1-18(5-6-19-7-11-22(28-2)12-8-19)26-24(27)21-9-13-23(14-10-21)29-17-20-4-3-15-25-16-20/h3-4,7-16,18H,5-6,17H2,1-2H3,(H,26,27). The third kappa shape index (κ3) is 6.64. The fourth-order valence-electron chi connectivity index (χ4n) is 2.91. The summed E-state index contributed by atoms with van der Waals surface area (Å²) in [5.74, 6) is 1.69. The molecule has 0 fully saturated rings. The first-order valence-electron chi connectivity index (χ1n) is 9.69. The van der Waals surface area contributed by atoms with Crippen molar-refractivity contribution in [3.63, 3.8) is 0 Å². The fourth-order valence-corrected chi connectivity index (χ4v) is 3.74. The van der Waals surface area contributed by atoms with Gasteiger partial charge in [0.2, 0.25) is 0 Å². The summed E-state index contributed by atoms with van der Waals surface area (Å²) in [6.45, 7) is 2.04. The second kappa shape index (κ2) is 10.7. The minimum Gasteiger partial charge on any atom is -0.497 e. The number of hydrogen-bond donors (Lipinski definition) is 1. The van der Waals surface area contributed by atoms with Crippen LogP contribution in [0.4, 0.5) is 0 Å². The molecule has 0 aliphatic carbocycles. The van der Waals surface area contributed by atoms with E-state index in [4.69, 9.17) is 4.74 Å². The van der Waals surface area contributed by atoms with E-state index in [1.807, 2.05) is 55.6 Å². The van der Waals surface area contributed by atoms with Crippen LogP contribution in [0.25, 0.3) is 0 Å². The Bertz CT molecular complexity index is 896. The van der Waals surface area contributed by atoms with Gasteiger partial charge in [0.05, 0.1) is 7.11 Å². The lowest BCUT2D eigenvalue weighted by molar-refractivity contribution is 0.0938. The van der Waals surface area contributed by atoms with E-state index in [0.717, 1.165) is 29.2 Å². The van der Waals surface area contributed by atoms with Crippen LogP contribution >= 0.6 is 11.8 Å². The Hall–Kier alpha value is -2.79. The van der Waals surface area contributed by atoms with Gasteiger partial charge in [-0.15, -0.1) is 11.8 Å². The Morgan fingerprint density at radius 3 is 2.48 bits per heavy atom. The fraction of sp³-hybridized carbons (Fsp3) is 0.250. The van der Waals surface area contributed by atoms with Gasteiger partial charge >= 0.3 is 0 Å². The number of aromatic nitrogens is 1. The number of aryl methyl sites for hydroxylation is 1. The molecule has 1 aromatic heterocycles. The lowest BCUT2D eigenvalue weighted by Gasteiger charge is -2.14. The van der Waals surface area contributed by atoms with E-state index in [-0.39, 0.29) is 11.9 Å². The van der Waals surface area contributed by atoms with Gasteiger partial charge in [0.25, 0.3) is 5.91 Å². The van der Waals surface area contributed by atoms with Crippen LogP contribution in [0.15, 0.2) is 78.0 Å². The predicted octanol–water partition coefficient (Wildman–Crippen LogP) is 5.13. The maximum atomic E-state index is 12.5. The van der Waals surface area contributed by atoms with Gasteiger partial charge in [0, 0.05) is 34.6 Å². The summed E-state index contributed by atoms with van der Waals surface area (Å²) >= 11 is 1.74. The number of pyridine rings is 1. The van der Waals surface area contributed by atoms with Gasteiger partial charge in [-0.25, -0.2) is 0 Å². The molecule has 2 aromatic carbocycles. The Morgan fingerprint density at radius 1 is 1.07 bits per heavy atom. The molecule has 29 heavy (non-hydrogen) atoms. The van der Waals surface area contributed by atoms with Crippen LogP contribution in [-0.2, 0) is 12.2 Å². The smallest absolute Gasteiger partial charge is 0.251 e. The monoisotopic (exact) mass is 406 g/mol. The SMILES string of the molecule is COc1ccc(CCC(C)NC(=O)c2ccc(SCc3cccnc3)cc2)cc1. The van der Waals surface area contributed by atoms with Crippen molar-refractivity contribution in [1.82, 2.24) is 10.3 Å². The number of ether oxygens (including phenoxy) is 1. The number of nitrogens with one attached hydrogen (secondary N) is 1. The first-order chi connectivity index (χ1) is 14.1. The van der Waals surface area contributed by atoms with Gasteiger partial charge in [0.1, 0.15) is 5.75 Å². The first kappa shape index (κ1) is 20.9. The van der Waals surface area contributed by atoms with Gasteiger partial charge in [-0.2, -0.15) is 0 Å². The first-order valence-corrected chi connectivity index (χ1v) is 10.7. The van der Waals surface area contributed by atoms with Crippen LogP contribution < -0.4 is 10.1 Å². The summed E-state index contributed by atoms with van der Waals surface area (Å²) in [5, 5.41) is 3.09. The average molecular weight is 407 g/mol. The van der Waals surface area contributed by atoms with Crippen molar-refractivity contribution in [3.05, 3.63) is 89.7 Å². The van der Waals surface area contributed by atoms with Crippen LogP contribution in [0.5, 0.6) is 5.75 Å². The summed E-state index contributed by atoms with van der Waals surface area (Å²) < 4.78 is 5.18. The molecule has 0 radical (unpaired) electrons. The zero-order valence-corrected chi connectivity index (χ0v) is 17.6. The van der Waals surface area contributed by atoms with Crippen molar-refractivity contribution in [2.45, 2.75) is 36.5 Å². The normalized spacial score (nSPS) is 11.7. The van der Waals surface area contributed by atoms with Crippen molar-refractivity contribution in [1.29, 1.82) is 0 Å². The molecule has 1 atom stereocenters. The Labute approximate surface area is 176 Å². The highest BCUT2D eigenvalue weighted by Crippen LogP contribution is 2.22. The molecule has 3 rings (SSSR count). The Kier molecular flexibility index (Phi) is 7.70. The average Bonchev–Trinajstić information content (AvgIpc) is 2.77. The summed E-state index contributed by atoms with van der Waals surface area (Å²) in [6, 6.07) is 19.9. The van der Waals surface area contributed by atoms with Crippen LogP contribution in [0.3, 0.4) is 0 Å². The largest absolute Gasteiger partial charge is 0.497 e. The highest BCUT2D eigenvalue weighted by Gasteiger charge is 2.10. The summed E-state index contributed by atoms with van der Waals surface area (Å²) in [7, 11) is 1.67. The number of carbonyl (C=O) groups is 1. The lowest BCUT2D eigenvalue weighted by atomic mass is 10.1. The molecule has 0 saturated carbocycles. The molecular formula is C24H26N2O2S. The number of methoxy groups -OCH3 is 1. The molecule has 1 unspecified atom stereocenters. The molecule has 0 spiro atoms. The summed E-state index contributed by atoms with van der Waals surface area (Å²) in [5.41, 5.74) is 3.11.